The molecule has 2 saturated carbocycles. The highest BCUT2D eigenvalue weighted by atomic mass is 19.1. The van der Waals surface area contributed by atoms with Gasteiger partial charge in [0.05, 0.1) is 31.8 Å². The average molecular weight is 336 g/mol. The maximum Gasteiger partial charge on any atom is 0.219 e. The van der Waals surface area contributed by atoms with Gasteiger partial charge in [0, 0.05) is 12.1 Å². The van der Waals surface area contributed by atoms with Crippen molar-refractivity contribution in [3.8, 4) is 0 Å². The lowest BCUT2D eigenvalue weighted by atomic mass is 9.75. The maximum absolute atomic E-state index is 15.2. The zero-order valence-corrected chi connectivity index (χ0v) is 13.9. The number of amides is 1. The second kappa shape index (κ2) is 5.76. The molecule has 2 N–H and O–H groups in total. The van der Waals surface area contributed by atoms with Gasteiger partial charge in [-0.15, -0.1) is 0 Å². The van der Waals surface area contributed by atoms with E-state index in [1.807, 2.05) is 17.1 Å². The van der Waals surface area contributed by atoms with Crippen molar-refractivity contribution < 1.29 is 18.7 Å². The first-order chi connectivity index (χ1) is 11.5. The van der Waals surface area contributed by atoms with Crippen molar-refractivity contribution in [2.45, 2.75) is 49.7 Å². The molecule has 2 aliphatic carbocycles. The number of carbonyl (C=O) groups excluding carboxylic acids is 1. The SMILES string of the molecule is NC(=O)CC1(N2CC=CC(C3(F)CCC3)=C2OCC2CC2)COC1. The van der Waals surface area contributed by atoms with Crippen molar-refractivity contribution in [3.63, 3.8) is 0 Å². The summed E-state index contributed by atoms with van der Waals surface area (Å²) < 4.78 is 26.7. The van der Waals surface area contributed by atoms with E-state index >= 15 is 4.39 Å². The van der Waals surface area contributed by atoms with Gasteiger partial charge in [0.1, 0.15) is 5.67 Å². The minimum Gasteiger partial charge on any atom is -0.478 e. The number of primary amides is 1. The molecule has 0 aromatic carbocycles. The van der Waals surface area contributed by atoms with Crippen molar-refractivity contribution in [2.24, 2.45) is 11.7 Å². The number of nitrogens with zero attached hydrogens (tertiary/aromatic N) is 1. The molecular formula is C18H25FN2O3. The average Bonchev–Trinajstić information content (AvgIpc) is 3.30. The second-order valence-electron chi connectivity index (χ2n) is 7.67. The fourth-order valence-corrected chi connectivity index (χ4v) is 3.73. The number of carbonyl (C=O) groups is 1. The summed E-state index contributed by atoms with van der Waals surface area (Å²) in [6.07, 6.45) is 8.36. The molecule has 132 valence electrons. The predicted octanol–water partition coefficient (Wildman–Crippen LogP) is 2.03. The Morgan fingerprint density at radius 2 is 2.17 bits per heavy atom. The Labute approximate surface area is 141 Å². The topological polar surface area (TPSA) is 64.8 Å². The van der Waals surface area contributed by atoms with Crippen LogP contribution in [-0.4, -0.2) is 48.4 Å². The molecule has 0 radical (unpaired) electrons. The fraction of sp³-hybridized carbons (Fsp3) is 0.722. The summed E-state index contributed by atoms with van der Waals surface area (Å²) in [4.78, 5) is 13.6. The minimum atomic E-state index is -1.30. The normalized spacial score (nSPS) is 27.5. The molecule has 6 heteroatoms. The van der Waals surface area contributed by atoms with E-state index in [0.717, 1.165) is 6.42 Å². The summed E-state index contributed by atoms with van der Waals surface area (Å²) in [5.74, 6) is 0.818. The number of hydrogen-bond donors (Lipinski definition) is 1. The van der Waals surface area contributed by atoms with Crippen LogP contribution < -0.4 is 5.73 Å². The first kappa shape index (κ1) is 15.9. The van der Waals surface area contributed by atoms with E-state index in [4.69, 9.17) is 15.2 Å². The predicted molar refractivity (Wildman–Crippen MR) is 86.6 cm³/mol. The van der Waals surface area contributed by atoms with E-state index in [1.165, 1.54) is 12.8 Å². The van der Waals surface area contributed by atoms with Crippen molar-refractivity contribution >= 4 is 5.91 Å². The second-order valence-corrected chi connectivity index (χ2v) is 7.67. The molecule has 5 nitrogen and oxygen atoms in total. The maximum atomic E-state index is 15.2. The van der Waals surface area contributed by atoms with Gasteiger partial charge in [-0.2, -0.15) is 0 Å². The van der Waals surface area contributed by atoms with Crippen LogP contribution in [0.4, 0.5) is 4.39 Å². The summed E-state index contributed by atoms with van der Waals surface area (Å²) in [5.41, 5.74) is 4.30. The number of alkyl halides is 1. The Morgan fingerprint density at radius 1 is 1.42 bits per heavy atom. The molecule has 0 aromatic rings. The van der Waals surface area contributed by atoms with Gasteiger partial charge < -0.3 is 20.1 Å². The molecule has 0 bridgehead atoms. The van der Waals surface area contributed by atoms with Crippen LogP contribution in [0.3, 0.4) is 0 Å². The Kier molecular flexibility index (Phi) is 3.82. The zero-order valence-electron chi connectivity index (χ0n) is 13.9. The lowest BCUT2D eigenvalue weighted by Gasteiger charge is -2.52. The molecule has 4 aliphatic rings. The summed E-state index contributed by atoms with van der Waals surface area (Å²) >= 11 is 0. The lowest BCUT2D eigenvalue weighted by Crippen LogP contribution is -2.64. The van der Waals surface area contributed by atoms with Gasteiger partial charge in [0.15, 0.2) is 5.88 Å². The van der Waals surface area contributed by atoms with E-state index in [9.17, 15) is 4.79 Å². The van der Waals surface area contributed by atoms with Crippen LogP contribution in [0, 0.1) is 5.92 Å². The van der Waals surface area contributed by atoms with Gasteiger partial charge in [-0.05, 0) is 38.0 Å². The largest absolute Gasteiger partial charge is 0.478 e. The first-order valence-electron chi connectivity index (χ1n) is 8.89. The van der Waals surface area contributed by atoms with Crippen molar-refractivity contribution in [1.82, 2.24) is 4.90 Å². The smallest absolute Gasteiger partial charge is 0.219 e. The van der Waals surface area contributed by atoms with Gasteiger partial charge >= 0.3 is 0 Å². The van der Waals surface area contributed by atoms with Crippen molar-refractivity contribution in [3.05, 3.63) is 23.6 Å². The van der Waals surface area contributed by atoms with Gasteiger partial charge in [0.25, 0.3) is 0 Å². The highest BCUT2D eigenvalue weighted by Crippen LogP contribution is 2.47. The van der Waals surface area contributed by atoms with E-state index in [1.54, 1.807) is 0 Å². The minimum absolute atomic E-state index is 0.198. The first-order valence-corrected chi connectivity index (χ1v) is 8.89. The third-order valence-electron chi connectivity index (χ3n) is 5.65. The summed E-state index contributed by atoms with van der Waals surface area (Å²) in [6.45, 7) is 2.06. The van der Waals surface area contributed by atoms with Gasteiger partial charge in [0.2, 0.25) is 5.91 Å². The third kappa shape index (κ3) is 2.70. The third-order valence-corrected chi connectivity index (χ3v) is 5.65. The van der Waals surface area contributed by atoms with Crippen LogP contribution in [0.2, 0.25) is 0 Å². The molecule has 1 saturated heterocycles. The zero-order chi connectivity index (χ0) is 16.8. The molecule has 1 amide bonds. The lowest BCUT2D eigenvalue weighted by molar-refractivity contribution is -0.156. The molecule has 4 rings (SSSR count). The molecule has 0 unspecified atom stereocenters. The van der Waals surface area contributed by atoms with E-state index in [-0.39, 0.29) is 12.3 Å². The molecule has 24 heavy (non-hydrogen) atoms. The van der Waals surface area contributed by atoms with E-state index < -0.39 is 11.2 Å². The van der Waals surface area contributed by atoms with Crippen LogP contribution in [-0.2, 0) is 14.3 Å². The van der Waals surface area contributed by atoms with Crippen LogP contribution >= 0.6 is 0 Å². The number of nitrogens with two attached hydrogens (primary N) is 1. The fourth-order valence-electron chi connectivity index (χ4n) is 3.73. The molecule has 2 heterocycles. The number of halogens is 1. The van der Waals surface area contributed by atoms with Crippen molar-refractivity contribution in [1.29, 1.82) is 0 Å². The quantitative estimate of drug-likeness (QED) is 0.773. The Bertz CT molecular complexity index is 589. The molecule has 0 spiro atoms. The van der Waals surface area contributed by atoms with Crippen molar-refractivity contribution in [2.75, 3.05) is 26.4 Å². The van der Waals surface area contributed by atoms with E-state index in [2.05, 4.69) is 0 Å². The van der Waals surface area contributed by atoms with Crippen LogP contribution in [0.15, 0.2) is 23.6 Å². The number of allylic oxidation sites excluding steroid dienone is 2. The Hall–Kier alpha value is -1.56. The van der Waals surface area contributed by atoms with Gasteiger partial charge in [-0.1, -0.05) is 12.2 Å². The Balaban J connectivity index is 1.66. The van der Waals surface area contributed by atoms with Gasteiger partial charge in [-0.25, -0.2) is 4.39 Å². The van der Waals surface area contributed by atoms with Crippen LogP contribution in [0.5, 0.6) is 0 Å². The molecule has 2 aliphatic heterocycles. The molecule has 0 aromatic heterocycles. The molecule has 3 fully saturated rings. The highest BCUT2D eigenvalue weighted by Gasteiger charge is 2.51. The van der Waals surface area contributed by atoms with Crippen LogP contribution in [0.25, 0.3) is 0 Å². The summed E-state index contributed by atoms with van der Waals surface area (Å²) in [7, 11) is 0. The summed E-state index contributed by atoms with van der Waals surface area (Å²) in [5, 5.41) is 0. The monoisotopic (exact) mass is 336 g/mol. The number of ether oxygens (including phenoxy) is 2. The van der Waals surface area contributed by atoms with Gasteiger partial charge in [-0.3, -0.25) is 4.79 Å². The standard InChI is InChI=1S/C18H25FN2O3/c19-18(6-2-7-18)14-3-1-8-21(16(14)24-10-13-4-5-13)17(9-15(20)22)11-23-12-17/h1,3,13H,2,4-12H2,(H2,20,22). The highest BCUT2D eigenvalue weighted by molar-refractivity contribution is 5.75. The summed E-state index contributed by atoms with van der Waals surface area (Å²) in [6, 6.07) is 0. The molecule has 0 atom stereocenters. The molecular weight excluding hydrogens is 311 g/mol. The van der Waals surface area contributed by atoms with Crippen LogP contribution in [0.1, 0.15) is 38.5 Å². The number of hydrogen-bond acceptors (Lipinski definition) is 4. The Morgan fingerprint density at radius 3 is 2.67 bits per heavy atom. The number of rotatable bonds is 7. The van der Waals surface area contributed by atoms with E-state index in [0.29, 0.717) is 56.6 Å².